The summed E-state index contributed by atoms with van der Waals surface area (Å²) >= 11 is 1.75. The third-order valence-electron chi connectivity index (χ3n) is 2.78. The van der Waals surface area contributed by atoms with Gasteiger partial charge in [-0.2, -0.15) is 0 Å². The number of nitrogen functional groups attached to an aromatic ring is 2. The Morgan fingerprint density at radius 3 is 1.81 bits per heavy atom. The molecule has 0 bridgehead atoms. The highest BCUT2D eigenvalue weighted by Crippen LogP contribution is 2.40. The maximum absolute atomic E-state index is 5.79. The minimum absolute atomic E-state index is 0.818. The van der Waals surface area contributed by atoms with Gasteiger partial charge in [0.1, 0.15) is 0 Å². The number of fused-ring (bicyclic) bond motifs is 2. The van der Waals surface area contributed by atoms with Crippen LogP contribution >= 0.6 is 11.8 Å². The fourth-order valence-corrected chi connectivity index (χ4v) is 3.12. The summed E-state index contributed by atoms with van der Waals surface area (Å²) in [6.07, 6.45) is 0.970. The van der Waals surface area contributed by atoms with Crippen molar-refractivity contribution >= 4 is 23.1 Å². The van der Waals surface area contributed by atoms with Gasteiger partial charge in [-0.1, -0.05) is 23.9 Å². The molecule has 0 spiro atoms. The van der Waals surface area contributed by atoms with Crippen molar-refractivity contribution in [3.8, 4) is 0 Å². The zero-order chi connectivity index (χ0) is 11.1. The summed E-state index contributed by atoms with van der Waals surface area (Å²) in [5.74, 6) is 0. The van der Waals surface area contributed by atoms with Gasteiger partial charge in [-0.05, 0) is 41.8 Å². The summed E-state index contributed by atoms with van der Waals surface area (Å²) in [6, 6.07) is 12.2. The van der Waals surface area contributed by atoms with Crippen LogP contribution in [0.3, 0.4) is 0 Å². The quantitative estimate of drug-likeness (QED) is 0.582. The van der Waals surface area contributed by atoms with Crippen molar-refractivity contribution in [2.45, 2.75) is 16.2 Å². The lowest BCUT2D eigenvalue weighted by Gasteiger charge is -2.19. The second-order valence-corrected chi connectivity index (χ2v) is 5.10. The van der Waals surface area contributed by atoms with Gasteiger partial charge >= 0.3 is 0 Å². The summed E-state index contributed by atoms with van der Waals surface area (Å²) in [7, 11) is 0. The van der Waals surface area contributed by atoms with E-state index in [1.54, 1.807) is 11.8 Å². The molecule has 0 atom stereocenters. The SMILES string of the molecule is Nc1ccc2c(c1)Sc1cc(N)ccc1C2. The second-order valence-electron chi connectivity index (χ2n) is 4.01. The van der Waals surface area contributed by atoms with E-state index >= 15 is 0 Å². The van der Waals surface area contributed by atoms with Crippen LogP contribution in [0.25, 0.3) is 0 Å². The minimum atomic E-state index is 0.818. The molecule has 3 heteroatoms. The number of nitrogens with two attached hydrogens (primary N) is 2. The van der Waals surface area contributed by atoms with Gasteiger partial charge in [-0.15, -0.1) is 0 Å². The Hall–Kier alpha value is -1.61. The Kier molecular flexibility index (Phi) is 2.07. The Labute approximate surface area is 98.7 Å². The topological polar surface area (TPSA) is 52.0 Å². The molecule has 0 saturated heterocycles. The van der Waals surface area contributed by atoms with Crippen molar-refractivity contribution in [2.75, 3.05) is 11.5 Å². The molecule has 2 aromatic carbocycles. The van der Waals surface area contributed by atoms with Gasteiger partial charge in [0.05, 0.1) is 0 Å². The molecule has 80 valence electrons. The van der Waals surface area contributed by atoms with E-state index in [0.717, 1.165) is 17.8 Å². The third kappa shape index (κ3) is 1.53. The fourth-order valence-electron chi connectivity index (χ4n) is 1.95. The molecule has 1 aliphatic heterocycles. The molecular formula is C13H12N2S. The van der Waals surface area contributed by atoms with Crippen molar-refractivity contribution < 1.29 is 0 Å². The molecule has 1 heterocycles. The first-order valence-electron chi connectivity index (χ1n) is 5.17. The van der Waals surface area contributed by atoms with Crippen molar-refractivity contribution in [1.29, 1.82) is 0 Å². The van der Waals surface area contributed by atoms with E-state index in [4.69, 9.17) is 11.5 Å². The van der Waals surface area contributed by atoms with Gasteiger partial charge in [0, 0.05) is 21.2 Å². The first kappa shape index (κ1) is 9.60. The van der Waals surface area contributed by atoms with Gasteiger partial charge < -0.3 is 11.5 Å². The van der Waals surface area contributed by atoms with Crippen LogP contribution in [0.1, 0.15) is 11.1 Å². The van der Waals surface area contributed by atoms with Crippen LogP contribution in [-0.2, 0) is 6.42 Å². The van der Waals surface area contributed by atoms with Crippen molar-refractivity contribution in [3.05, 3.63) is 47.5 Å². The van der Waals surface area contributed by atoms with Crippen LogP contribution in [0, 0.1) is 0 Å². The normalized spacial score (nSPS) is 13.0. The molecule has 0 fully saturated rings. The smallest absolute Gasteiger partial charge is 0.0325 e. The van der Waals surface area contributed by atoms with E-state index in [0.29, 0.717) is 0 Å². The molecule has 0 aliphatic carbocycles. The molecule has 3 rings (SSSR count). The molecule has 0 aromatic heterocycles. The van der Waals surface area contributed by atoms with E-state index in [-0.39, 0.29) is 0 Å². The van der Waals surface area contributed by atoms with Gasteiger partial charge in [0.2, 0.25) is 0 Å². The zero-order valence-electron chi connectivity index (χ0n) is 8.73. The number of rotatable bonds is 0. The number of hydrogen-bond acceptors (Lipinski definition) is 3. The average molecular weight is 228 g/mol. The standard InChI is InChI=1S/C13H12N2S/c14-10-3-1-8-5-9-2-4-11(15)7-13(9)16-12(8)6-10/h1-4,6-7H,5,14-15H2. The van der Waals surface area contributed by atoms with Gasteiger partial charge in [-0.25, -0.2) is 0 Å². The predicted molar refractivity (Wildman–Crippen MR) is 68.6 cm³/mol. The molecule has 0 unspecified atom stereocenters. The highest BCUT2D eigenvalue weighted by Gasteiger charge is 2.15. The monoisotopic (exact) mass is 228 g/mol. The minimum Gasteiger partial charge on any atom is -0.399 e. The summed E-state index contributed by atoms with van der Waals surface area (Å²) < 4.78 is 0. The third-order valence-corrected chi connectivity index (χ3v) is 3.98. The highest BCUT2D eigenvalue weighted by molar-refractivity contribution is 7.99. The van der Waals surface area contributed by atoms with Crippen LogP contribution in [-0.4, -0.2) is 0 Å². The number of hydrogen-bond donors (Lipinski definition) is 2. The van der Waals surface area contributed by atoms with Gasteiger partial charge in [-0.3, -0.25) is 0 Å². The number of benzene rings is 2. The lowest BCUT2D eigenvalue weighted by molar-refractivity contribution is 1.06. The van der Waals surface area contributed by atoms with Crippen LogP contribution in [0.5, 0.6) is 0 Å². The largest absolute Gasteiger partial charge is 0.399 e. The van der Waals surface area contributed by atoms with Crippen LogP contribution in [0.15, 0.2) is 46.2 Å². The van der Waals surface area contributed by atoms with E-state index in [1.165, 1.54) is 20.9 Å². The summed E-state index contributed by atoms with van der Waals surface area (Å²) in [5.41, 5.74) is 15.9. The first-order chi connectivity index (χ1) is 7.72. The molecular weight excluding hydrogens is 216 g/mol. The Balaban J connectivity index is 2.10. The van der Waals surface area contributed by atoms with Crippen molar-refractivity contribution in [1.82, 2.24) is 0 Å². The van der Waals surface area contributed by atoms with E-state index in [1.807, 2.05) is 24.3 Å². The van der Waals surface area contributed by atoms with E-state index in [9.17, 15) is 0 Å². The Bertz CT molecular complexity index is 514. The first-order valence-corrected chi connectivity index (χ1v) is 5.99. The summed E-state index contributed by atoms with van der Waals surface area (Å²) in [5, 5.41) is 0. The molecule has 2 nitrogen and oxygen atoms in total. The molecule has 0 amide bonds. The lowest BCUT2D eigenvalue weighted by Crippen LogP contribution is -2.01. The van der Waals surface area contributed by atoms with E-state index in [2.05, 4.69) is 12.1 Å². The molecule has 0 radical (unpaired) electrons. The Morgan fingerprint density at radius 2 is 1.31 bits per heavy atom. The molecule has 0 saturated carbocycles. The maximum Gasteiger partial charge on any atom is 0.0325 e. The molecule has 2 aromatic rings. The van der Waals surface area contributed by atoms with Crippen LogP contribution < -0.4 is 11.5 Å². The molecule has 16 heavy (non-hydrogen) atoms. The summed E-state index contributed by atoms with van der Waals surface area (Å²) in [4.78, 5) is 2.50. The highest BCUT2D eigenvalue weighted by atomic mass is 32.2. The second kappa shape index (κ2) is 3.46. The fraction of sp³-hybridized carbons (Fsp3) is 0.0769. The summed E-state index contributed by atoms with van der Waals surface area (Å²) in [6.45, 7) is 0. The molecule has 4 N–H and O–H groups in total. The van der Waals surface area contributed by atoms with E-state index < -0.39 is 0 Å². The number of anilines is 2. The van der Waals surface area contributed by atoms with Gasteiger partial charge in [0.25, 0.3) is 0 Å². The predicted octanol–water partition coefficient (Wildman–Crippen LogP) is 2.91. The van der Waals surface area contributed by atoms with Crippen molar-refractivity contribution in [3.63, 3.8) is 0 Å². The molecule has 1 aliphatic rings. The van der Waals surface area contributed by atoms with Crippen LogP contribution in [0.4, 0.5) is 11.4 Å². The zero-order valence-corrected chi connectivity index (χ0v) is 9.55. The Morgan fingerprint density at radius 1 is 0.812 bits per heavy atom. The average Bonchev–Trinajstić information content (AvgIpc) is 2.26. The lowest BCUT2D eigenvalue weighted by atomic mass is 10.0. The van der Waals surface area contributed by atoms with Crippen LogP contribution in [0.2, 0.25) is 0 Å². The van der Waals surface area contributed by atoms with Crippen molar-refractivity contribution in [2.24, 2.45) is 0 Å². The maximum atomic E-state index is 5.79. The van der Waals surface area contributed by atoms with Gasteiger partial charge in [0.15, 0.2) is 0 Å².